The van der Waals surface area contributed by atoms with Crippen molar-refractivity contribution in [1.82, 2.24) is 9.97 Å². The Morgan fingerprint density at radius 1 is 0.692 bits per heavy atom. The summed E-state index contributed by atoms with van der Waals surface area (Å²) in [4.78, 5) is 9.41. The van der Waals surface area contributed by atoms with E-state index in [-0.39, 0.29) is 11.2 Å². The van der Waals surface area contributed by atoms with E-state index in [4.69, 9.17) is 19.4 Å². The normalized spacial score (nSPS) is 12.2. The summed E-state index contributed by atoms with van der Waals surface area (Å²) in [6, 6.07) is 7.76. The van der Waals surface area contributed by atoms with Gasteiger partial charge in [-0.1, -0.05) is 31.9 Å². The maximum atomic E-state index is 6.04. The van der Waals surface area contributed by atoms with Crippen LogP contribution in [0.5, 0.6) is 11.5 Å². The van der Waals surface area contributed by atoms with Gasteiger partial charge in [0.25, 0.3) is 0 Å². The Morgan fingerprint density at radius 2 is 1.04 bits per heavy atom. The smallest absolute Gasteiger partial charge is 0.124 e. The van der Waals surface area contributed by atoms with Gasteiger partial charge in [0.2, 0.25) is 0 Å². The molecule has 0 atom stereocenters. The number of nitrogens with zero attached hydrogens (tertiary/aromatic N) is 2. The zero-order valence-electron chi connectivity index (χ0n) is 16.2. The van der Waals surface area contributed by atoms with Crippen LogP contribution in [0, 0.1) is 0 Å². The third-order valence-corrected chi connectivity index (χ3v) is 4.24. The van der Waals surface area contributed by atoms with Gasteiger partial charge in [-0.05, 0) is 41.5 Å². The quantitative estimate of drug-likeness (QED) is 0.467. The highest BCUT2D eigenvalue weighted by atomic mass is 79.9. The van der Waals surface area contributed by atoms with Crippen molar-refractivity contribution in [3.63, 3.8) is 0 Å². The van der Waals surface area contributed by atoms with Gasteiger partial charge in [-0.3, -0.25) is 9.97 Å². The van der Waals surface area contributed by atoms with Crippen LogP contribution in [0.3, 0.4) is 0 Å². The summed E-state index contributed by atoms with van der Waals surface area (Å²) in [6.07, 6.45) is 0. The van der Waals surface area contributed by atoms with E-state index in [1.165, 1.54) is 0 Å². The molecular weight excluding hydrogens is 460 g/mol. The van der Waals surface area contributed by atoms with Gasteiger partial charge in [0, 0.05) is 34.9 Å². The molecule has 0 unspecified atom stereocenters. The maximum absolute atomic E-state index is 6.04. The average Bonchev–Trinajstić information content (AvgIpc) is 2.50. The van der Waals surface area contributed by atoms with Crippen molar-refractivity contribution in [2.75, 3.05) is 0 Å². The summed E-state index contributed by atoms with van der Waals surface area (Å²) >= 11 is 6.98. The molecule has 0 bridgehead atoms. The molecule has 2 heterocycles. The summed E-state index contributed by atoms with van der Waals surface area (Å²) in [7, 11) is 0. The fraction of sp³-hybridized carbons (Fsp3) is 0.500. The topological polar surface area (TPSA) is 44.2 Å². The molecule has 142 valence electrons. The lowest BCUT2D eigenvalue weighted by molar-refractivity contribution is 0.130. The van der Waals surface area contributed by atoms with E-state index in [0.717, 1.165) is 34.3 Å². The summed E-state index contributed by atoms with van der Waals surface area (Å²) in [5.41, 5.74) is 2.75. The number of alkyl halides is 2. The van der Waals surface area contributed by atoms with Gasteiger partial charge in [-0.25, -0.2) is 0 Å². The molecule has 0 radical (unpaired) electrons. The fourth-order valence-electron chi connectivity index (χ4n) is 2.34. The van der Waals surface area contributed by atoms with Gasteiger partial charge in [0.05, 0.1) is 22.8 Å². The average molecular weight is 486 g/mol. The molecule has 4 nitrogen and oxygen atoms in total. The van der Waals surface area contributed by atoms with E-state index < -0.39 is 0 Å². The highest BCUT2D eigenvalue weighted by Gasteiger charge is 2.17. The van der Waals surface area contributed by atoms with Crippen LogP contribution in [0.15, 0.2) is 24.3 Å². The van der Waals surface area contributed by atoms with Crippen molar-refractivity contribution in [1.29, 1.82) is 0 Å². The van der Waals surface area contributed by atoms with Crippen molar-refractivity contribution in [2.45, 2.75) is 63.4 Å². The first-order chi connectivity index (χ1) is 12.0. The molecule has 0 aromatic carbocycles. The van der Waals surface area contributed by atoms with Gasteiger partial charge in [0.1, 0.15) is 22.7 Å². The van der Waals surface area contributed by atoms with Crippen LogP contribution in [0.4, 0.5) is 0 Å². The zero-order valence-corrected chi connectivity index (χ0v) is 19.4. The van der Waals surface area contributed by atoms with Crippen LogP contribution < -0.4 is 9.47 Å². The molecule has 0 N–H and O–H groups in total. The maximum Gasteiger partial charge on any atom is 0.124 e. The van der Waals surface area contributed by atoms with Crippen molar-refractivity contribution in [3.05, 3.63) is 35.7 Å². The zero-order chi connectivity index (χ0) is 19.5. The lowest BCUT2D eigenvalue weighted by Crippen LogP contribution is -2.23. The highest BCUT2D eigenvalue weighted by molar-refractivity contribution is 9.08. The fourth-order valence-corrected chi connectivity index (χ4v) is 2.92. The third-order valence-electron chi connectivity index (χ3n) is 3.09. The van der Waals surface area contributed by atoms with Gasteiger partial charge in [-0.15, -0.1) is 0 Å². The number of hydrogen-bond acceptors (Lipinski definition) is 4. The van der Waals surface area contributed by atoms with Crippen LogP contribution in [0.2, 0.25) is 0 Å². The minimum Gasteiger partial charge on any atom is -0.488 e. The molecular formula is C20H26Br2N2O2. The monoisotopic (exact) mass is 484 g/mol. The largest absolute Gasteiger partial charge is 0.488 e. The second-order valence-electron chi connectivity index (χ2n) is 8.05. The van der Waals surface area contributed by atoms with Crippen LogP contribution in [-0.4, -0.2) is 21.2 Å². The Kier molecular flexibility index (Phi) is 6.72. The first-order valence-electron chi connectivity index (χ1n) is 8.51. The summed E-state index contributed by atoms with van der Waals surface area (Å²) in [6.45, 7) is 12.2. The Bertz CT molecular complexity index is 700. The second-order valence-corrected chi connectivity index (χ2v) is 9.18. The molecule has 2 aromatic rings. The van der Waals surface area contributed by atoms with E-state index in [1.54, 1.807) is 0 Å². The lowest BCUT2D eigenvalue weighted by Gasteiger charge is -2.23. The SMILES string of the molecule is CC(C)(C)Oc1cc(CBr)nc(-c2cc(OC(C)(C)C)cc(CBr)n2)c1. The Hall–Kier alpha value is -1.14. The Labute approximate surface area is 173 Å². The molecule has 2 aromatic heterocycles. The predicted octanol–water partition coefficient (Wildman–Crippen LogP) is 6.29. The number of ether oxygens (including phenoxy) is 2. The minimum absolute atomic E-state index is 0.284. The molecule has 6 heteroatoms. The number of rotatable bonds is 5. The molecule has 0 saturated heterocycles. The molecule has 0 saturated carbocycles. The van der Waals surface area contributed by atoms with Crippen LogP contribution in [0.1, 0.15) is 52.9 Å². The van der Waals surface area contributed by atoms with Gasteiger partial charge in [0.15, 0.2) is 0 Å². The molecule has 0 aliphatic rings. The first-order valence-corrected chi connectivity index (χ1v) is 10.8. The number of halogens is 2. The lowest BCUT2D eigenvalue weighted by atomic mass is 10.1. The molecule has 0 amide bonds. The van der Waals surface area contributed by atoms with E-state index in [0.29, 0.717) is 10.7 Å². The van der Waals surface area contributed by atoms with Gasteiger partial charge < -0.3 is 9.47 Å². The minimum atomic E-state index is -0.284. The first kappa shape index (κ1) is 21.2. The molecule has 0 fully saturated rings. The molecule has 26 heavy (non-hydrogen) atoms. The number of aromatic nitrogens is 2. The van der Waals surface area contributed by atoms with Crippen molar-refractivity contribution < 1.29 is 9.47 Å². The number of pyridine rings is 2. The van der Waals surface area contributed by atoms with E-state index in [1.807, 2.05) is 65.8 Å². The van der Waals surface area contributed by atoms with Gasteiger partial charge >= 0.3 is 0 Å². The second kappa shape index (κ2) is 8.26. The van der Waals surface area contributed by atoms with Gasteiger partial charge in [-0.2, -0.15) is 0 Å². The third kappa shape index (κ3) is 6.54. The molecule has 2 rings (SSSR count). The standard InChI is InChI=1S/C20H26Br2N2O2/c1-19(2,3)25-15-7-13(11-21)23-17(9-15)18-10-16(26-20(4,5)6)8-14(12-22)24-18/h7-10H,11-12H2,1-6H3. The van der Waals surface area contributed by atoms with E-state index in [2.05, 4.69) is 31.9 Å². The van der Waals surface area contributed by atoms with Crippen molar-refractivity contribution >= 4 is 31.9 Å². The molecule has 0 aliphatic carbocycles. The van der Waals surface area contributed by atoms with Crippen LogP contribution >= 0.6 is 31.9 Å². The summed E-state index contributed by atoms with van der Waals surface area (Å²) < 4.78 is 12.1. The van der Waals surface area contributed by atoms with Crippen molar-refractivity contribution in [3.8, 4) is 22.9 Å². The Balaban J connectivity index is 2.52. The molecule has 0 spiro atoms. The molecule has 0 aliphatic heterocycles. The highest BCUT2D eigenvalue weighted by Crippen LogP contribution is 2.29. The van der Waals surface area contributed by atoms with E-state index >= 15 is 0 Å². The van der Waals surface area contributed by atoms with Crippen LogP contribution in [-0.2, 0) is 10.7 Å². The van der Waals surface area contributed by atoms with Crippen LogP contribution in [0.25, 0.3) is 11.4 Å². The Morgan fingerprint density at radius 3 is 1.31 bits per heavy atom. The van der Waals surface area contributed by atoms with Crippen molar-refractivity contribution in [2.24, 2.45) is 0 Å². The summed E-state index contributed by atoms with van der Waals surface area (Å²) in [5.74, 6) is 1.56. The predicted molar refractivity (Wildman–Crippen MR) is 113 cm³/mol. The summed E-state index contributed by atoms with van der Waals surface area (Å²) in [5, 5.41) is 1.29. The van der Waals surface area contributed by atoms with E-state index in [9.17, 15) is 0 Å². The number of hydrogen-bond donors (Lipinski definition) is 0.